The van der Waals surface area contributed by atoms with E-state index in [1.54, 1.807) is 24.7 Å². The summed E-state index contributed by atoms with van der Waals surface area (Å²) in [4.78, 5) is 8.52. The van der Waals surface area contributed by atoms with Crippen molar-refractivity contribution in [3.8, 4) is 11.8 Å². The van der Waals surface area contributed by atoms with Gasteiger partial charge in [0.05, 0.1) is 6.33 Å². The zero-order chi connectivity index (χ0) is 13.2. The molecule has 0 saturated carbocycles. The van der Waals surface area contributed by atoms with Gasteiger partial charge in [0.1, 0.15) is 11.3 Å². The Kier molecular flexibility index (Phi) is 2.73. The fourth-order valence-corrected chi connectivity index (χ4v) is 1.80. The van der Waals surface area contributed by atoms with Gasteiger partial charge in [-0.25, -0.2) is 14.4 Å². The number of nitrogens with zero attached hydrogens (tertiary/aromatic N) is 3. The van der Waals surface area contributed by atoms with E-state index in [0.29, 0.717) is 5.56 Å². The molecule has 0 aliphatic heterocycles. The Bertz CT molecular complexity index is 809. The van der Waals surface area contributed by atoms with Crippen LogP contribution in [0.2, 0.25) is 0 Å². The lowest BCUT2D eigenvalue weighted by Gasteiger charge is -1.94. The first-order chi connectivity index (χ1) is 9.22. The molecule has 0 aliphatic rings. The first-order valence-corrected chi connectivity index (χ1v) is 5.77. The van der Waals surface area contributed by atoms with Crippen LogP contribution in [0.5, 0.6) is 0 Å². The zero-order valence-electron chi connectivity index (χ0n) is 10.3. The largest absolute Gasteiger partial charge is 0.318 e. The Hall–Kier alpha value is -2.67. The SMILES string of the molecule is Cn1cnc2cc(C#Cc3cccc(F)c3)cnc21. The van der Waals surface area contributed by atoms with E-state index in [0.717, 1.165) is 16.7 Å². The van der Waals surface area contributed by atoms with Crippen LogP contribution in [-0.4, -0.2) is 14.5 Å². The number of halogens is 1. The third-order valence-electron chi connectivity index (χ3n) is 2.73. The van der Waals surface area contributed by atoms with Crippen molar-refractivity contribution >= 4 is 11.2 Å². The van der Waals surface area contributed by atoms with Crippen molar-refractivity contribution in [3.05, 3.63) is 59.8 Å². The van der Waals surface area contributed by atoms with Gasteiger partial charge in [0, 0.05) is 24.4 Å². The van der Waals surface area contributed by atoms with E-state index in [1.165, 1.54) is 12.1 Å². The van der Waals surface area contributed by atoms with Crippen molar-refractivity contribution in [2.75, 3.05) is 0 Å². The van der Waals surface area contributed by atoms with Gasteiger partial charge < -0.3 is 4.57 Å². The Morgan fingerprint density at radius 1 is 1.11 bits per heavy atom. The second-order valence-electron chi connectivity index (χ2n) is 4.18. The van der Waals surface area contributed by atoms with E-state index in [-0.39, 0.29) is 5.82 Å². The molecule has 19 heavy (non-hydrogen) atoms. The summed E-state index contributed by atoms with van der Waals surface area (Å²) in [6.07, 6.45) is 3.40. The van der Waals surface area contributed by atoms with Crippen molar-refractivity contribution in [1.29, 1.82) is 0 Å². The molecule has 0 fully saturated rings. The van der Waals surface area contributed by atoms with Gasteiger partial charge in [-0.3, -0.25) is 0 Å². The third-order valence-corrected chi connectivity index (χ3v) is 2.73. The summed E-state index contributed by atoms with van der Waals surface area (Å²) in [7, 11) is 1.89. The van der Waals surface area contributed by atoms with Gasteiger partial charge in [0.15, 0.2) is 5.65 Å². The van der Waals surface area contributed by atoms with Gasteiger partial charge in [-0.05, 0) is 24.3 Å². The number of benzene rings is 1. The van der Waals surface area contributed by atoms with E-state index in [4.69, 9.17) is 0 Å². The molecule has 0 atom stereocenters. The summed E-state index contributed by atoms with van der Waals surface area (Å²) in [5.41, 5.74) is 3.02. The molecule has 4 heteroatoms. The lowest BCUT2D eigenvalue weighted by atomic mass is 10.2. The van der Waals surface area contributed by atoms with Crippen LogP contribution < -0.4 is 0 Å². The first-order valence-electron chi connectivity index (χ1n) is 5.77. The molecule has 2 aromatic heterocycles. The van der Waals surface area contributed by atoms with E-state index in [9.17, 15) is 4.39 Å². The second-order valence-corrected chi connectivity index (χ2v) is 4.18. The highest BCUT2D eigenvalue weighted by Crippen LogP contribution is 2.10. The minimum absolute atomic E-state index is 0.287. The standard InChI is InChI=1S/C15H10FN3/c1-19-10-18-14-8-12(9-17-15(14)19)6-5-11-3-2-4-13(16)7-11/h2-4,7-10H,1H3. The molecule has 0 radical (unpaired) electrons. The monoisotopic (exact) mass is 251 g/mol. The number of pyridine rings is 1. The number of fused-ring (bicyclic) bond motifs is 1. The number of rotatable bonds is 0. The van der Waals surface area contributed by atoms with Crippen LogP contribution in [0.25, 0.3) is 11.2 Å². The van der Waals surface area contributed by atoms with Crippen LogP contribution in [0.1, 0.15) is 11.1 Å². The number of aromatic nitrogens is 3. The van der Waals surface area contributed by atoms with Crippen LogP contribution in [0, 0.1) is 17.7 Å². The molecular formula is C15H10FN3. The maximum atomic E-state index is 13.0. The minimum atomic E-state index is -0.287. The van der Waals surface area contributed by atoms with Crippen molar-refractivity contribution in [2.45, 2.75) is 0 Å². The third kappa shape index (κ3) is 2.31. The fraction of sp³-hybridized carbons (Fsp3) is 0.0667. The maximum absolute atomic E-state index is 13.0. The normalized spacial score (nSPS) is 10.2. The van der Waals surface area contributed by atoms with E-state index in [1.807, 2.05) is 17.7 Å². The Labute approximate surface area is 109 Å². The summed E-state index contributed by atoms with van der Waals surface area (Å²) in [5.74, 6) is 5.58. The van der Waals surface area contributed by atoms with E-state index >= 15 is 0 Å². The van der Waals surface area contributed by atoms with Gasteiger partial charge in [0.25, 0.3) is 0 Å². The number of aryl methyl sites for hydroxylation is 1. The average molecular weight is 251 g/mol. The quantitative estimate of drug-likeness (QED) is 0.575. The van der Waals surface area contributed by atoms with Crippen LogP contribution in [-0.2, 0) is 7.05 Å². The van der Waals surface area contributed by atoms with Crippen LogP contribution in [0.15, 0.2) is 42.9 Å². The summed E-state index contributed by atoms with van der Waals surface area (Å²) in [5, 5.41) is 0. The molecular weight excluding hydrogens is 241 g/mol. The highest BCUT2D eigenvalue weighted by Gasteiger charge is 2.00. The maximum Gasteiger partial charge on any atom is 0.159 e. The average Bonchev–Trinajstić information content (AvgIpc) is 2.78. The molecule has 2 heterocycles. The van der Waals surface area contributed by atoms with Gasteiger partial charge in [-0.2, -0.15) is 0 Å². The molecule has 0 amide bonds. The molecule has 0 N–H and O–H groups in total. The molecule has 3 nitrogen and oxygen atoms in total. The predicted octanol–water partition coefficient (Wildman–Crippen LogP) is 2.51. The summed E-state index contributed by atoms with van der Waals surface area (Å²) >= 11 is 0. The molecule has 0 bridgehead atoms. The zero-order valence-corrected chi connectivity index (χ0v) is 10.3. The summed E-state index contributed by atoms with van der Waals surface area (Å²) < 4.78 is 14.9. The van der Waals surface area contributed by atoms with Gasteiger partial charge >= 0.3 is 0 Å². The lowest BCUT2D eigenvalue weighted by Crippen LogP contribution is -1.88. The molecule has 3 aromatic rings. The minimum Gasteiger partial charge on any atom is -0.318 e. The smallest absolute Gasteiger partial charge is 0.159 e. The molecule has 0 aliphatic carbocycles. The Morgan fingerprint density at radius 2 is 1.95 bits per heavy atom. The Morgan fingerprint density at radius 3 is 2.79 bits per heavy atom. The van der Waals surface area contributed by atoms with Crippen LogP contribution in [0.4, 0.5) is 4.39 Å². The van der Waals surface area contributed by atoms with Gasteiger partial charge in [-0.15, -0.1) is 0 Å². The van der Waals surface area contributed by atoms with Gasteiger partial charge in [-0.1, -0.05) is 17.9 Å². The van der Waals surface area contributed by atoms with Crippen molar-refractivity contribution in [2.24, 2.45) is 7.05 Å². The summed E-state index contributed by atoms with van der Waals surface area (Å²) in [6.45, 7) is 0. The topological polar surface area (TPSA) is 30.7 Å². The molecule has 0 saturated heterocycles. The number of hydrogen-bond acceptors (Lipinski definition) is 2. The van der Waals surface area contributed by atoms with Crippen molar-refractivity contribution in [1.82, 2.24) is 14.5 Å². The lowest BCUT2D eigenvalue weighted by molar-refractivity contribution is 0.627. The van der Waals surface area contributed by atoms with E-state index in [2.05, 4.69) is 21.8 Å². The van der Waals surface area contributed by atoms with Crippen LogP contribution >= 0.6 is 0 Å². The van der Waals surface area contributed by atoms with Gasteiger partial charge in [0.2, 0.25) is 0 Å². The molecule has 1 aromatic carbocycles. The first kappa shape index (κ1) is 11.4. The van der Waals surface area contributed by atoms with Crippen molar-refractivity contribution < 1.29 is 4.39 Å². The summed E-state index contributed by atoms with van der Waals surface area (Å²) in [6, 6.07) is 8.07. The molecule has 0 spiro atoms. The van der Waals surface area contributed by atoms with E-state index < -0.39 is 0 Å². The molecule has 92 valence electrons. The van der Waals surface area contributed by atoms with Crippen LogP contribution in [0.3, 0.4) is 0 Å². The highest BCUT2D eigenvalue weighted by atomic mass is 19.1. The predicted molar refractivity (Wildman–Crippen MR) is 70.9 cm³/mol. The fourth-order valence-electron chi connectivity index (χ4n) is 1.80. The highest BCUT2D eigenvalue weighted by molar-refractivity contribution is 5.72. The molecule has 3 rings (SSSR count). The van der Waals surface area contributed by atoms with Crippen molar-refractivity contribution in [3.63, 3.8) is 0 Å². The number of imidazole rings is 1. The number of hydrogen-bond donors (Lipinski definition) is 0. The molecule has 0 unspecified atom stereocenters. The Balaban J connectivity index is 1.98. The second kappa shape index (κ2) is 4.54.